The van der Waals surface area contributed by atoms with Crippen LogP contribution in [0.2, 0.25) is 0 Å². The molecule has 94 valence electrons. The van der Waals surface area contributed by atoms with Gasteiger partial charge in [0.1, 0.15) is 0 Å². The highest BCUT2D eigenvalue weighted by Crippen LogP contribution is 2.19. The molecular formula is C14H15NO3. The topological polar surface area (TPSA) is 48.3 Å². The second-order valence-corrected chi connectivity index (χ2v) is 4.09. The van der Waals surface area contributed by atoms with Crippen molar-refractivity contribution in [1.82, 2.24) is 4.57 Å². The third-order valence-corrected chi connectivity index (χ3v) is 2.98. The van der Waals surface area contributed by atoms with E-state index in [1.54, 1.807) is 6.07 Å². The van der Waals surface area contributed by atoms with Gasteiger partial charge in [0.05, 0.1) is 7.11 Å². The summed E-state index contributed by atoms with van der Waals surface area (Å²) in [5.41, 5.74) is 1.71. The van der Waals surface area contributed by atoms with E-state index in [1.807, 2.05) is 29.0 Å². The van der Waals surface area contributed by atoms with E-state index >= 15 is 0 Å². The SMILES string of the molecule is COC(=O)CCCn1ccc2c(C=O)cccc21. The van der Waals surface area contributed by atoms with E-state index in [-0.39, 0.29) is 5.97 Å². The molecule has 0 saturated heterocycles. The zero-order chi connectivity index (χ0) is 13.0. The van der Waals surface area contributed by atoms with Gasteiger partial charge in [-0.1, -0.05) is 12.1 Å². The van der Waals surface area contributed by atoms with Crippen LogP contribution >= 0.6 is 0 Å². The minimum absolute atomic E-state index is 0.194. The van der Waals surface area contributed by atoms with Gasteiger partial charge in [-0.25, -0.2) is 0 Å². The molecule has 0 bridgehead atoms. The molecule has 0 N–H and O–H groups in total. The van der Waals surface area contributed by atoms with Gasteiger partial charge in [-0.3, -0.25) is 9.59 Å². The number of fused-ring (bicyclic) bond motifs is 1. The average Bonchev–Trinajstić information content (AvgIpc) is 2.82. The van der Waals surface area contributed by atoms with Crippen molar-refractivity contribution in [2.24, 2.45) is 0 Å². The quantitative estimate of drug-likeness (QED) is 0.600. The Kier molecular flexibility index (Phi) is 3.77. The van der Waals surface area contributed by atoms with Crippen molar-refractivity contribution in [3.63, 3.8) is 0 Å². The summed E-state index contributed by atoms with van der Waals surface area (Å²) in [5.74, 6) is -0.194. The molecule has 1 aromatic carbocycles. The highest BCUT2D eigenvalue weighted by atomic mass is 16.5. The Morgan fingerprint density at radius 3 is 2.94 bits per heavy atom. The molecule has 18 heavy (non-hydrogen) atoms. The van der Waals surface area contributed by atoms with Crippen LogP contribution < -0.4 is 0 Å². The Morgan fingerprint density at radius 1 is 1.39 bits per heavy atom. The Balaban J connectivity index is 2.15. The van der Waals surface area contributed by atoms with E-state index in [0.29, 0.717) is 12.0 Å². The number of nitrogens with zero attached hydrogens (tertiary/aromatic N) is 1. The summed E-state index contributed by atoms with van der Waals surface area (Å²) < 4.78 is 6.65. The Labute approximate surface area is 105 Å². The Morgan fingerprint density at radius 2 is 2.22 bits per heavy atom. The smallest absolute Gasteiger partial charge is 0.305 e. The monoisotopic (exact) mass is 245 g/mol. The van der Waals surface area contributed by atoms with Crippen LogP contribution in [0.1, 0.15) is 23.2 Å². The van der Waals surface area contributed by atoms with Crippen LogP contribution in [0.3, 0.4) is 0 Å². The third-order valence-electron chi connectivity index (χ3n) is 2.98. The number of benzene rings is 1. The number of esters is 1. The van der Waals surface area contributed by atoms with Crippen LogP contribution in [0.25, 0.3) is 10.9 Å². The molecule has 1 aromatic heterocycles. The average molecular weight is 245 g/mol. The van der Waals surface area contributed by atoms with Gasteiger partial charge in [-0.2, -0.15) is 0 Å². The molecule has 0 aliphatic rings. The number of methoxy groups -OCH3 is 1. The predicted molar refractivity (Wildman–Crippen MR) is 68.6 cm³/mol. The number of hydrogen-bond donors (Lipinski definition) is 0. The normalized spacial score (nSPS) is 10.5. The van der Waals surface area contributed by atoms with Gasteiger partial charge in [-0.15, -0.1) is 0 Å². The summed E-state index contributed by atoms with van der Waals surface area (Å²) in [7, 11) is 1.39. The summed E-state index contributed by atoms with van der Waals surface area (Å²) in [4.78, 5) is 21.9. The van der Waals surface area contributed by atoms with Gasteiger partial charge in [0, 0.05) is 35.6 Å². The molecule has 0 fully saturated rings. The largest absolute Gasteiger partial charge is 0.469 e. The number of carbonyl (C=O) groups excluding carboxylic acids is 2. The Bertz CT molecular complexity index is 571. The van der Waals surface area contributed by atoms with Crippen LogP contribution in [0.5, 0.6) is 0 Å². The van der Waals surface area contributed by atoms with Crippen LogP contribution in [0.4, 0.5) is 0 Å². The molecule has 0 saturated carbocycles. The summed E-state index contributed by atoms with van der Waals surface area (Å²) >= 11 is 0. The lowest BCUT2D eigenvalue weighted by Gasteiger charge is -2.05. The van der Waals surface area contributed by atoms with Crippen LogP contribution in [0, 0.1) is 0 Å². The van der Waals surface area contributed by atoms with E-state index < -0.39 is 0 Å². The second-order valence-electron chi connectivity index (χ2n) is 4.09. The van der Waals surface area contributed by atoms with Crippen molar-refractivity contribution in [3.05, 3.63) is 36.0 Å². The van der Waals surface area contributed by atoms with E-state index in [4.69, 9.17) is 0 Å². The molecule has 1 heterocycles. The molecule has 2 rings (SSSR count). The maximum atomic E-state index is 11.0. The van der Waals surface area contributed by atoms with Crippen molar-refractivity contribution in [2.45, 2.75) is 19.4 Å². The molecule has 2 aromatic rings. The molecule has 0 aliphatic heterocycles. The van der Waals surface area contributed by atoms with Crippen molar-refractivity contribution in [3.8, 4) is 0 Å². The lowest BCUT2D eigenvalue weighted by Crippen LogP contribution is -2.03. The zero-order valence-corrected chi connectivity index (χ0v) is 10.3. The van der Waals surface area contributed by atoms with Gasteiger partial charge in [-0.05, 0) is 18.6 Å². The van der Waals surface area contributed by atoms with Gasteiger partial charge >= 0.3 is 5.97 Å². The van der Waals surface area contributed by atoms with Gasteiger partial charge in [0.15, 0.2) is 6.29 Å². The highest BCUT2D eigenvalue weighted by Gasteiger charge is 2.05. The van der Waals surface area contributed by atoms with Crippen molar-refractivity contribution in [2.75, 3.05) is 7.11 Å². The van der Waals surface area contributed by atoms with Gasteiger partial charge in [0.2, 0.25) is 0 Å². The first-order valence-corrected chi connectivity index (χ1v) is 5.86. The number of hydrogen-bond acceptors (Lipinski definition) is 3. The first-order valence-electron chi connectivity index (χ1n) is 5.86. The van der Waals surface area contributed by atoms with Gasteiger partial charge in [0.25, 0.3) is 0 Å². The molecule has 4 heteroatoms. The van der Waals surface area contributed by atoms with E-state index in [1.165, 1.54) is 7.11 Å². The first-order chi connectivity index (χ1) is 8.76. The number of aryl methyl sites for hydroxylation is 1. The zero-order valence-electron chi connectivity index (χ0n) is 10.3. The molecule has 0 atom stereocenters. The fourth-order valence-electron chi connectivity index (χ4n) is 2.04. The number of rotatable bonds is 5. The fourth-order valence-corrected chi connectivity index (χ4v) is 2.04. The van der Waals surface area contributed by atoms with Crippen molar-refractivity contribution in [1.29, 1.82) is 0 Å². The molecule has 0 amide bonds. The Hall–Kier alpha value is -2.10. The fraction of sp³-hybridized carbons (Fsp3) is 0.286. The maximum Gasteiger partial charge on any atom is 0.305 e. The molecule has 0 unspecified atom stereocenters. The van der Waals surface area contributed by atoms with E-state index in [9.17, 15) is 9.59 Å². The molecule has 0 aliphatic carbocycles. The standard InChI is InChI=1S/C14H15NO3/c1-18-14(17)6-3-8-15-9-7-12-11(10-16)4-2-5-13(12)15/h2,4-5,7,9-10H,3,6,8H2,1H3. The van der Waals surface area contributed by atoms with Crippen LogP contribution in [-0.4, -0.2) is 23.9 Å². The first kappa shape index (κ1) is 12.4. The minimum Gasteiger partial charge on any atom is -0.469 e. The number of aromatic nitrogens is 1. The maximum absolute atomic E-state index is 11.0. The predicted octanol–water partition coefficient (Wildman–Crippen LogP) is 2.41. The highest BCUT2D eigenvalue weighted by molar-refractivity contribution is 5.97. The molecule has 0 spiro atoms. The van der Waals surface area contributed by atoms with Gasteiger partial charge < -0.3 is 9.30 Å². The molecular weight excluding hydrogens is 230 g/mol. The van der Waals surface area contributed by atoms with Crippen LogP contribution in [0.15, 0.2) is 30.5 Å². The second kappa shape index (κ2) is 5.49. The van der Waals surface area contributed by atoms with Crippen LogP contribution in [-0.2, 0) is 16.1 Å². The number of ether oxygens (including phenoxy) is 1. The summed E-state index contributed by atoms with van der Waals surface area (Å²) in [6.45, 7) is 0.737. The van der Waals surface area contributed by atoms with Crippen molar-refractivity contribution >= 4 is 23.2 Å². The lowest BCUT2D eigenvalue weighted by molar-refractivity contribution is -0.140. The summed E-state index contributed by atoms with van der Waals surface area (Å²) in [5, 5.41) is 0.950. The minimum atomic E-state index is -0.194. The van der Waals surface area contributed by atoms with Crippen molar-refractivity contribution < 1.29 is 14.3 Å². The van der Waals surface area contributed by atoms with E-state index in [2.05, 4.69) is 4.74 Å². The summed E-state index contributed by atoms with van der Waals surface area (Å²) in [6.07, 6.45) is 3.93. The van der Waals surface area contributed by atoms with E-state index in [0.717, 1.165) is 30.2 Å². The third kappa shape index (κ3) is 2.42. The number of carbonyl (C=O) groups is 2. The lowest BCUT2D eigenvalue weighted by atomic mass is 10.1. The summed E-state index contributed by atoms with van der Waals surface area (Å²) in [6, 6.07) is 7.56. The number of aldehydes is 1. The molecule has 0 radical (unpaired) electrons. The molecule has 4 nitrogen and oxygen atoms in total.